The number of hydrogen-bond acceptors (Lipinski definition) is 3. The third-order valence-electron chi connectivity index (χ3n) is 3.63. The second-order valence-electron chi connectivity index (χ2n) is 4.88. The highest BCUT2D eigenvalue weighted by molar-refractivity contribution is 5.93. The normalized spacial score (nSPS) is 13.4. The predicted octanol–water partition coefficient (Wildman–Crippen LogP) is 3.73. The van der Waals surface area contributed by atoms with Crippen LogP contribution in [-0.2, 0) is 0 Å². The molecule has 0 aromatic heterocycles. The summed E-state index contributed by atoms with van der Waals surface area (Å²) in [4.78, 5) is 0. The molecule has 21 heavy (non-hydrogen) atoms. The van der Waals surface area contributed by atoms with E-state index in [0.717, 1.165) is 16.7 Å². The highest BCUT2D eigenvalue weighted by Gasteiger charge is 2.19. The zero-order valence-corrected chi connectivity index (χ0v) is 11.4. The molecule has 0 saturated carbocycles. The van der Waals surface area contributed by atoms with Gasteiger partial charge in [0.2, 0.25) is 0 Å². The first-order valence-corrected chi connectivity index (χ1v) is 6.46. The first kappa shape index (κ1) is 13.2. The minimum absolute atomic E-state index is 0.0202. The summed E-state index contributed by atoms with van der Waals surface area (Å²) in [7, 11) is 0. The summed E-state index contributed by atoms with van der Waals surface area (Å²) in [6.07, 6.45) is 0. The van der Waals surface area contributed by atoms with Crippen LogP contribution in [0, 0.1) is 17.1 Å². The van der Waals surface area contributed by atoms with E-state index in [1.165, 1.54) is 12.1 Å². The molecular weight excluding hydrogens is 269 g/mol. The summed E-state index contributed by atoms with van der Waals surface area (Å²) < 4.78 is 19.4. The maximum Gasteiger partial charge on any atom is 0.141 e. The van der Waals surface area contributed by atoms with Crippen molar-refractivity contribution in [3.63, 3.8) is 0 Å². The Labute approximate surface area is 121 Å². The van der Waals surface area contributed by atoms with Crippen LogP contribution in [0.25, 0.3) is 11.1 Å². The van der Waals surface area contributed by atoms with Gasteiger partial charge in [-0.05, 0) is 48.4 Å². The summed E-state index contributed by atoms with van der Waals surface area (Å²) in [5, 5.41) is 18.4. The van der Waals surface area contributed by atoms with Crippen molar-refractivity contribution in [1.29, 1.82) is 5.26 Å². The number of nitrogens with zero attached hydrogens (tertiary/aromatic N) is 1. The zero-order valence-electron chi connectivity index (χ0n) is 11.4. The molecule has 0 amide bonds. The smallest absolute Gasteiger partial charge is 0.141 e. The lowest BCUT2D eigenvalue weighted by Crippen LogP contribution is -2.10. The second kappa shape index (κ2) is 4.95. The third kappa shape index (κ3) is 2.23. The fraction of sp³-hybridized carbons (Fsp3) is 0.118. The largest absolute Gasteiger partial charge is 0.508 e. The second-order valence-corrected chi connectivity index (χ2v) is 4.88. The number of aromatic hydroxyl groups is 1. The summed E-state index contributed by atoms with van der Waals surface area (Å²) in [5.41, 5.74) is 3.26. The minimum atomic E-state index is -0.544. The van der Waals surface area contributed by atoms with Gasteiger partial charge in [0.15, 0.2) is 0 Å². The van der Waals surface area contributed by atoms with Gasteiger partial charge in [-0.3, -0.25) is 0 Å². The van der Waals surface area contributed by atoms with Crippen LogP contribution in [0.2, 0.25) is 0 Å². The Morgan fingerprint density at radius 3 is 2.76 bits per heavy atom. The van der Waals surface area contributed by atoms with E-state index in [9.17, 15) is 9.50 Å². The van der Waals surface area contributed by atoms with Crippen LogP contribution in [0.5, 0.6) is 11.5 Å². The fourth-order valence-electron chi connectivity index (χ4n) is 2.45. The van der Waals surface area contributed by atoms with Crippen molar-refractivity contribution in [3.05, 3.63) is 58.9 Å². The summed E-state index contributed by atoms with van der Waals surface area (Å²) >= 11 is 0. The Balaban J connectivity index is 2.13. The molecule has 1 N–H and O–H groups in total. The van der Waals surface area contributed by atoms with Crippen LogP contribution >= 0.6 is 0 Å². The van der Waals surface area contributed by atoms with E-state index in [1.807, 2.05) is 6.92 Å². The highest BCUT2D eigenvalue weighted by atomic mass is 19.1. The average molecular weight is 281 g/mol. The lowest BCUT2D eigenvalue weighted by atomic mass is 9.93. The van der Waals surface area contributed by atoms with E-state index in [4.69, 9.17) is 10.00 Å². The number of benzene rings is 2. The average Bonchev–Trinajstić information content (AvgIpc) is 2.48. The molecule has 2 aromatic carbocycles. The number of allylic oxidation sites excluding steroid dienone is 1. The Hall–Kier alpha value is -2.80. The van der Waals surface area contributed by atoms with E-state index < -0.39 is 5.82 Å². The first-order valence-electron chi connectivity index (χ1n) is 6.46. The van der Waals surface area contributed by atoms with Crippen molar-refractivity contribution in [2.75, 3.05) is 6.61 Å². The maximum absolute atomic E-state index is 13.8. The number of fused-ring (bicyclic) bond motifs is 1. The van der Waals surface area contributed by atoms with E-state index in [-0.39, 0.29) is 11.3 Å². The van der Waals surface area contributed by atoms with E-state index in [0.29, 0.717) is 17.9 Å². The van der Waals surface area contributed by atoms with Gasteiger partial charge in [0.25, 0.3) is 0 Å². The van der Waals surface area contributed by atoms with Gasteiger partial charge < -0.3 is 9.84 Å². The van der Waals surface area contributed by atoms with E-state index in [2.05, 4.69) is 0 Å². The van der Waals surface area contributed by atoms with Crippen LogP contribution < -0.4 is 4.74 Å². The predicted molar refractivity (Wildman–Crippen MR) is 77.2 cm³/mol. The van der Waals surface area contributed by atoms with Crippen LogP contribution in [0.15, 0.2) is 36.4 Å². The van der Waals surface area contributed by atoms with Gasteiger partial charge in [0.1, 0.15) is 30.0 Å². The van der Waals surface area contributed by atoms with E-state index in [1.54, 1.807) is 30.3 Å². The highest BCUT2D eigenvalue weighted by Crippen LogP contribution is 2.38. The Morgan fingerprint density at radius 2 is 2.05 bits per heavy atom. The molecule has 0 fully saturated rings. The maximum atomic E-state index is 13.8. The quantitative estimate of drug-likeness (QED) is 0.866. The molecule has 0 bridgehead atoms. The number of phenolic OH excluding ortho intramolecular Hbond substituents is 1. The monoisotopic (exact) mass is 281 g/mol. The van der Waals surface area contributed by atoms with Crippen LogP contribution in [-0.4, -0.2) is 11.7 Å². The number of halogens is 1. The fourth-order valence-corrected chi connectivity index (χ4v) is 2.45. The molecule has 1 heterocycles. The van der Waals surface area contributed by atoms with Crippen molar-refractivity contribution in [2.45, 2.75) is 6.92 Å². The van der Waals surface area contributed by atoms with Gasteiger partial charge in [-0.2, -0.15) is 5.26 Å². The Morgan fingerprint density at radius 1 is 1.24 bits per heavy atom. The van der Waals surface area contributed by atoms with Crippen molar-refractivity contribution in [1.82, 2.24) is 0 Å². The summed E-state index contributed by atoms with van der Waals surface area (Å²) in [6, 6.07) is 11.2. The van der Waals surface area contributed by atoms with Gasteiger partial charge in [-0.25, -0.2) is 4.39 Å². The van der Waals surface area contributed by atoms with Gasteiger partial charge >= 0.3 is 0 Å². The van der Waals surface area contributed by atoms with Gasteiger partial charge in [0, 0.05) is 11.1 Å². The number of ether oxygens (including phenoxy) is 1. The molecule has 0 spiro atoms. The SMILES string of the molecule is CC1=C(c2ccc(C#N)c(F)c2)COc2ccc(O)cc21. The number of nitriles is 1. The van der Waals surface area contributed by atoms with Crippen LogP contribution in [0.3, 0.4) is 0 Å². The van der Waals surface area contributed by atoms with Crippen molar-refractivity contribution >= 4 is 11.1 Å². The molecule has 3 nitrogen and oxygen atoms in total. The molecule has 4 heteroatoms. The van der Waals surface area contributed by atoms with Gasteiger partial charge in [-0.15, -0.1) is 0 Å². The molecule has 0 atom stereocenters. The van der Waals surface area contributed by atoms with Crippen LogP contribution in [0.1, 0.15) is 23.6 Å². The summed E-state index contributed by atoms with van der Waals surface area (Å²) in [5.74, 6) is 0.309. The molecule has 0 unspecified atom stereocenters. The van der Waals surface area contributed by atoms with Crippen LogP contribution in [0.4, 0.5) is 4.39 Å². The third-order valence-corrected chi connectivity index (χ3v) is 3.63. The first-order chi connectivity index (χ1) is 10.1. The minimum Gasteiger partial charge on any atom is -0.508 e. The lowest BCUT2D eigenvalue weighted by molar-refractivity contribution is 0.363. The molecular formula is C17H12FNO2. The van der Waals surface area contributed by atoms with Crippen molar-refractivity contribution in [3.8, 4) is 17.6 Å². The van der Waals surface area contributed by atoms with E-state index >= 15 is 0 Å². The van der Waals surface area contributed by atoms with Gasteiger partial charge in [0.05, 0.1) is 5.56 Å². The lowest BCUT2D eigenvalue weighted by Gasteiger charge is -2.22. The number of hydrogen-bond donors (Lipinski definition) is 1. The number of phenols is 1. The molecule has 1 aliphatic rings. The molecule has 0 radical (unpaired) electrons. The number of rotatable bonds is 1. The van der Waals surface area contributed by atoms with Crippen molar-refractivity contribution in [2.24, 2.45) is 0 Å². The standard InChI is InChI=1S/C17H12FNO2/c1-10-14-7-13(20)4-5-17(14)21-9-15(10)11-2-3-12(8-19)16(18)6-11/h2-7,20H,9H2,1H3. The summed E-state index contributed by atoms with van der Waals surface area (Å²) in [6.45, 7) is 2.24. The van der Waals surface area contributed by atoms with Gasteiger partial charge in [-0.1, -0.05) is 6.07 Å². The Bertz CT molecular complexity index is 803. The van der Waals surface area contributed by atoms with Crippen molar-refractivity contribution < 1.29 is 14.2 Å². The molecule has 3 rings (SSSR count). The Kier molecular flexibility index (Phi) is 3.11. The molecule has 104 valence electrons. The molecule has 0 aliphatic carbocycles. The molecule has 0 saturated heterocycles. The zero-order chi connectivity index (χ0) is 15.0. The molecule has 1 aliphatic heterocycles. The molecule has 2 aromatic rings. The topological polar surface area (TPSA) is 53.2 Å².